The van der Waals surface area contributed by atoms with Crippen LogP contribution in [-0.4, -0.2) is 5.25 Å². The lowest BCUT2D eigenvalue weighted by Crippen LogP contribution is -2.28. The molecule has 0 fully saturated rings. The zero-order valence-corrected chi connectivity index (χ0v) is 15.3. The second-order valence-corrected chi connectivity index (χ2v) is 8.01. The van der Waals surface area contributed by atoms with E-state index in [1.165, 1.54) is 51.4 Å². The first-order valence-corrected chi connectivity index (χ1v) is 9.90. The molecule has 4 unspecified atom stereocenters. The highest BCUT2D eigenvalue weighted by Gasteiger charge is 2.36. The van der Waals surface area contributed by atoms with E-state index in [1.807, 2.05) is 0 Å². The number of unbranched alkanes of at least 4 members (excludes halogenated alkanes) is 1. The summed E-state index contributed by atoms with van der Waals surface area (Å²) in [5.41, 5.74) is 0. The number of thioether (sulfide) groups is 1. The van der Waals surface area contributed by atoms with Crippen molar-refractivity contribution >= 4 is 11.8 Å². The van der Waals surface area contributed by atoms with Gasteiger partial charge in [0.1, 0.15) is 0 Å². The molecule has 1 aliphatic rings. The predicted octanol–water partition coefficient (Wildman–Crippen LogP) is 7.05. The lowest BCUT2D eigenvalue weighted by Gasteiger charge is -2.32. The first-order chi connectivity index (χ1) is 9.67. The molecule has 0 nitrogen and oxygen atoms in total. The largest absolute Gasteiger partial charge is 0.127 e. The maximum absolute atomic E-state index is 2.63. The standard InChI is InChI=1S/C19H36S/c1-6-10-13-17(12-8-3)18-14-15(5)20-19(18)16(9-4)11-7-2/h14,16-19H,6-13H2,1-5H3. The van der Waals surface area contributed by atoms with E-state index in [0.29, 0.717) is 0 Å². The fourth-order valence-corrected chi connectivity index (χ4v) is 5.49. The van der Waals surface area contributed by atoms with Gasteiger partial charge in [-0.25, -0.2) is 0 Å². The van der Waals surface area contributed by atoms with Crippen molar-refractivity contribution in [3.8, 4) is 0 Å². The molecule has 1 aliphatic heterocycles. The average molecular weight is 297 g/mol. The summed E-state index contributed by atoms with van der Waals surface area (Å²) in [6.07, 6.45) is 13.7. The Bertz CT molecular complexity index is 281. The van der Waals surface area contributed by atoms with E-state index in [0.717, 1.165) is 23.0 Å². The van der Waals surface area contributed by atoms with Crippen LogP contribution in [0.15, 0.2) is 11.0 Å². The van der Waals surface area contributed by atoms with Crippen molar-refractivity contribution in [2.24, 2.45) is 17.8 Å². The molecule has 0 aromatic heterocycles. The van der Waals surface area contributed by atoms with Crippen LogP contribution in [0.4, 0.5) is 0 Å². The van der Waals surface area contributed by atoms with Gasteiger partial charge in [-0.05, 0) is 42.4 Å². The van der Waals surface area contributed by atoms with Crippen molar-refractivity contribution in [2.75, 3.05) is 0 Å². The highest BCUT2D eigenvalue weighted by Crippen LogP contribution is 2.47. The molecule has 0 aliphatic carbocycles. The molecule has 0 spiro atoms. The van der Waals surface area contributed by atoms with Crippen LogP contribution in [0.1, 0.15) is 86.0 Å². The minimum absolute atomic E-state index is 0.850. The van der Waals surface area contributed by atoms with Crippen molar-refractivity contribution in [2.45, 2.75) is 91.2 Å². The van der Waals surface area contributed by atoms with E-state index in [-0.39, 0.29) is 0 Å². The number of hydrogen-bond acceptors (Lipinski definition) is 1. The monoisotopic (exact) mass is 296 g/mol. The minimum atomic E-state index is 0.850. The molecule has 0 saturated carbocycles. The summed E-state index contributed by atoms with van der Waals surface area (Å²) in [4.78, 5) is 1.59. The topological polar surface area (TPSA) is 0 Å². The zero-order valence-electron chi connectivity index (χ0n) is 14.5. The van der Waals surface area contributed by atoms with Crippen LogP contribution in [0.3, 0.4) is 0 Å². The molecular weight excluding hydrogens is 260 g/mol. The fourth-order valence-electron chi connectivity index (χ4n) is 3.85. The number of allylic oxidation sites excluding steroid dienone is 2. The zero-order chi connectivity index (χ0) is 15.0. The summed E-state index contributed by atoms with van der Waals surface area (Å²) < 4.78 is 0. The van der Waals surface area contributed by atoms with Crippen LogP contribution >= 0.6 is 11.8 Å². The van der Waals surface area contributed by atoms with Gasteiger partial charge in [-0.15, -0.1) is 11.8 Å². The molecule has 0 aromatic carbocycles. The molecule has 0 amide bonds. The normalized spacial score (nSPS) is 25.6. The molecule has 0 bridgehead atoms. The van der Waals surface area contributed by atoms with Crippen LogP contribution in [0.25, 0.3) is 0 Å². The highest BCUT2D eigenvalue weighted by molar-refractivity contribution is 8.03. The van der Waals surface area contributed by atoms with Gasteiger partial charge in [0, 0.05) is 5.25 Å². The van der Waals surface area contributed by atoms with Crippen molar-refractivity contribution in [3.63, 3.8) is 0 Å². The van der Waals surface area contributed by atoms with Gasteiger partial charge in [0.15, 0.2) is 0 Å². The fraction of sp³-hybridized carbons (Fsp3) is 0.895. The van der Waals surface area contributed by atoms with Gasteiger partial charge < -0.3 is 0 Å². The molecule has 0 radical (unpaired) electrons. The third-order valence-corrected chi connectivity index (χ3v) is 6.39. The van der Waals surface area contributed by atoms with E-state index >= 15 is 0 Å². The Morgan fingerprint density at radius 1 is 0.950 bits per heavy atom. The molecule has 118 valence electrons. The smallest absolute Gasteiger partial charge is 0.0185 e. The SMILES string of the molecule is CCCCC(CCC)C1C=C(C)SC1C(CC)CCC. The Labute approximate surface area is 132 Å². The van der Waals surface area contributed by atoms with Gasteiger partial charge in [-0.1, -0.05) is 72.3 Å². The van der Waals surface area contributed by atoms with E-state index < -0.39 is 0 Å². The lowest BCUT2D eigenvalue weighted by molar-refractivity contribution is 0.281. The van der Waals surface area contributed by atoms with Crippen LogP contribution in [0.2, 0.25) is 0 Å². The Balaban J connectivity index is 2.78. The summed E-state index contributed by atoms with van der Waals surface area (Å²) in [7, 11) is 0. The molecule has 0 aromatic rings. The van der Waals surface area contributed by atoms with E-state index in [2.05, 4.69) is 52.5 Å². The van der Waals surface area contributed by atoms with Crippen molar-refractivity contribution < 1.29 is 0 Å². The molecule has 1 heteroatoms. The van der Waals surface area contributed by atoms with Crippen LogP contribution in [0.5, 0.6) is 0 Å². The van der Waals surface area contributed by atoms with E-state index in [9.17, 15) is 0 Å². The maximum atomic E-state index is 2.63. The molecule has 1 rings (SSSR count). The van der Waals surface area contributed by atoms with Crippen molar-refractivity contribution in [1.29, 1.82) is 0 Å². The first kappa shape index (κ1) is 18.1. The Hall–Kier alpha value is 0.0900. The van der Waals surface area contributed by atoms with Crippen molar-refractivity contribution in [1.82, 2.24) is 0 Å². The second kappa shape index (κ2) is 9.92. The molecule has 0 N–H and O–H groups in total. The van der Waals surface area contributed by atoms with Crippen molar-refractivity contribution in [3.05, 3.63) is 11.0 Å². The molecule has 20 heavy (non-hydrogen) atoms. The van der Waals surface area contributed by atoms with Gasteiger partial charge in [0.25, 0.3) is 0 Å². The summed E-state index contributed by atoms with van der Waals surface area (Å²) in [6, 6.07) is 0. The molecule has 0 saturated heterocycles. The molecule has 1 heterocycles. The van der Waals surface area contributed by atoms with Gasteiger partial charge in [0.05, 0.1) is 0 Å². The van der Waals surface area contributed by atoms with Crippen LogP contribution in [-0.2, 0) is 0 Å². The summed E-state index contributed by atoms with van der Waals surface area (Å²) in [5.74, 6) is 2.70. The number of hydrogen-bond donors (Lipinski definition) is 0. The average Bonchev–Trinajstić information content (AvgIpc) is 2.82. The van der Waals surface area contributed by atoms with Gasteiger partial charge >= 0.3 is 0 Å². The van der Waals surface area contributed by atoms with Gasteiger partial charge in [-0.3, -0.25) is 0 Å². The quantitative estimate of drug-likeness (QED) is 0.416. The lowest BCUT2D eigenvalue weighted by atomic mass is 9.77. The Kier molecular flexibility index (Phi) is 9.00. The predicted molar refractivity (Wildman–Crippen MR) is 95.2 cm³/mol. The van der Waals surface area contributed by atoms with Crippen LogP contribution < -0.4 is 0 Å². The highest BCUT2D eigenvalue weighted by atomic mass is 32.2. The maximum Gasteiger partial charge on any atom is 0.0185 e. The second-order valence-electron chi connectivity index (χ2n) is 6.59. The summed E-state index contributed by atoms with van der Waals surface area (Å²) in [5, 5.41) is 0.869. The first-order valence-electron chi connectivity index (χ1n) is 9.02. The van der Waals surface area contributed by atoms with Gasteiger partial charge in [-0.2, -0.15) is 0 Å². The molecular formula is C19H36S. The summed E-state index contributed by atoms with van der Waals surface area (Å²) in [6.45, 7) is 11.8. The van der Waals surface area contributed by atoms with Crippen LogP contribution in [0, 0.1) is 17.8 Å². The Morgan fingerprint density at radius 3 is 2.15 bits per heavy atom. The van der Waals surface area contributed by atoms with E-state index in [4.69, 9.17) is 0 Å². The van der Waals surface area contributed by atoms with Gasteiger partial charge in [0.2, 0.25) is 0 Å². The third kappa shape index (κ3) is 5.13. The summed E-state index contributed by atoms with van der Waals surface area (Å²) >= 11 is 2.20. The molecule has 4 atom stereocenters. The third-order valence-electron chi connectivity index (χ3n) is 4.91. The Morgan fingerprint density at radius 2 is 1.60 bits per heavy atom. The van der Waals surface area contributed by atoms with E-state index in [1.54, 1.807) is 4.91 Å². The minimum Gasteiger partial charge on any atom is -0.127 e. The number of rotatable bonds is 10.